The molecule has 2 rings (SSSR count). The SMILES string of the molecule is CN(CC1CCNCC1)S(=O)(=O)c1ccc(F)c(F)c1. The standard InChI is InChI=1S/C13H18F2N2O2S/c1-17(9-10-4-6-16-7-5-10)20(18,19)11-2-3-12(14)13(15)8-11/h2-3,8,10,16H,4-7,9H2,1H3. The van der Waals surface area contributed by atoms with Crippen LogP contribution in [0.1, 0.15) is 12.8 Å². The van der Waals surface area contributed by atoms with E-state index in [4.69, 9.17) is 0 Å². The van der Waals surface area contributed by atoms with Crippen molar-refractivity contribution in [1.29, 1.82) is 0 Å². The minimum atomic E-state index is -3.77. The second-order valence-corrected chi connectivity index (χ2v) is 7.10. The summed E-state index contributed by atoms with van der Waals surface area (Å²) in [4.78, 5) is -0.215. The lowest BCUT2D eigenvalue weighted by Gasteiger charge is -2.27. The van der Waals surface area contributed by atoms with Crippen LogP contribution in [0, 0.1) is 17.6 Å². The first kappa shape index (κ1) is 15.3. The molecule has 7 heteroatoms. The monoisotopic (exact) mass is 304 g/mol. The molecule has 0 unspecified atom stereocenters. The molecule has 0 spiro atoms. The van der Waals surface area contributed by atoms with E-state index in [2.05, 4.69) is 5.32 Å². The first-order valence-corrected chi connectivity index (χ1v) is 7.97. The molecule has 0 amide bonds. The molecule has 112 valence electrons. The third-order valence-corrected chi connectivity index (χ3v) is 5.39. The molecule has 1 aromatic rings. The van der Waals surface area contributed by atoms with Crippen molar-refractivity contribution < 1.29 is 17.2 Å². The van der Waals surface area contributed by atoms with Gasteiger partial charge in [0.05, 0.1) is 4.90 Å². The minimum absolute atomic E-state index is 0.215. The van der Waals surface area contributed by atoms with Crippen LogP contribution in [0.2, 0.25) is 0 Å². The Bertz CT molecular complexity index is 572. The number of rotatable bonds is 4. The molecule has 1 aliphatic rings. The Morgan fingerprint density at radius 2 is 1.90 bits per heavy atom. The molecule has 0 atom stereocenters. The van der Waals surface area contributed by atoms with Crippen molar-refractivity contribution in [3.8, 4) is 0 Å². The molecule has 0 saturated carbocycles. The number of halogens is 2. The van der Waals surface area contributed by atoms with Crippen molar-refractivity contribution in [2.24, 2.45) is 5.92 Å². The summed E-state index contributed by atoms with van der Waals surface area (Å²) in [5, 5.41) is 3.21. The van der Waals surface area contributed by atoms with E-state index in [1.807, 2.05) is 0 Å². The van der Waals surface area contributed by atoms with Crippen LogP contribution in [0.3, 0.4) is 0 Å². The van der Waals surface area contributed by atoms with Crippen LogP contribution in [0.5, 0.6) is 0 Å². The van der Waals surface area contributed by atoms with Gasteiger partial charge in [-0.05, 0) is 50.0 Å². The lowest BCUT2D eigenvalue weighted by atomic mass is 9.98. The van der Waals surface area contributed by atoms with Gasteiger partial charge < -0.3 is 5.32 Å². The number of benzene rings is 1. The van der Waals surface area contributed by atoms with Crippen molar-refractivity contribution >= 4 is 10.0 Å². The van der Waals surface area contributed by atoms with E-state index in [1.165, 1.54) is 11.4 Å². The molecule has 1 fully saturated rings. The molecule has 0 aliphatic carbocycles. The Hall–Kier alpha value is -1.05. The van der Waals surface area contributed by atoms with E-state index in [-0.39, 0.29) is 4.90 Å². The molecule has 1 heterocycles. The largest absolute Gasteiger partial charge is 0.317 e. The van der Waals surface area contributed by atoms with Crippen LogP contribution >= 0.6 is 0 Å². The molecule has 1 aliphatic heterocycles. The van der Waals surface area contributed by atoms with Gasteiger partial charge in [-0.25, -0.2) is 21.5 Å². The zero-order valence-corrected chi connectivity index (χ0v) is 12.1. The van der Waals surface area contributed by atoms with Gasteiger partial charge >= 0.3 is 0 Å². The zero-order chi connectivity index (χ0) is 14.8. The lowest BCUT2D eigenvalue weighted by Crippen LogP contribution is -2.37. The highest BCUT2D eigenvalue weighted by atomic mass is 32.2. The molecular formula is C13H18F2N2O2S. The smallest absolute Gasteiger partial charge is 0.242 e. The predicted molar refractivity (Wildman–Crippen MR) is 71.8 cm³/mol. The van der Waals surface area contributed by atoms with Crippen molar-refractivity contribution in [3.63, 3.8) is 0 Å². The Morgan fingerprint density at radius 3 is 2.50 bits per heavy atom. The van der Waals surface area contributed by atoms with Crippen LogP contribution in [0.4, 0.5) is 8.78 Å². The summed E-state index contributed by atoms with van der Waals surface area (Å²) in [5.74, 6) is -1.91. The normalized spacial score (nSPS) is 17.6. The van der Waals surface area contributed by atoms with Crippen LogP contribution in [-0.4, -0.2) is 39.4 Å². The molecular weight excluding hydrogens is 286 g/mol. The topological polar surface area (TPSA) is 49.4 Å². The third-order valence-electron chi connectivity index (χ3n) is 3.57. The molecule has 0 aromatic heterocycles. The van der Waals surface area contributed by atoms with E-state index in [9.17, 15) is 17.2 Å². The highest BCUT2D eigenvalue weighted by molar-refractivity contribution is 7.89. The number of nitrogens with zero attached hydrogens (tertiary/aromatic N) is 1. The van der Waals surface area contributed by atoms with Gasteiger partial charge in [-0.15, -0.1) is 0 Å². The van der Waals surface area contributed by atoms with Gasteiger partial charge in [0, 0.05) is 13.6 Å². The zero-order valence-electron chi connectivity index (χ0n) is 11.3. The number of nitrogens with one attached hydrogen (secondary N) is 1. The van der Waals surface area contributed by atoms with E-state index in [0.717, 1.165) is 44.1 Å². The Kier molecular flexibility index (Phi) is 4.72. The van der Waals surface area contributed by atoms with Crippen molar-refractivity contribution in [2.45, 2.75) is 17.7 Å². The maximum absolute atomic E-state index is 13.2. The average molecular weight is 304 g/mol. The summed E-state index contributed by atoms with van der Waals surface area (Å²) in [6.45, 7) is 2.15. The summed E-state index contributed by atoms with van der Waals surface area (Å²) >= 11 is 0. The predicted octanol–water partition coefficient (Wildman–Crippen LogP) is 1.58. The average Bonchev–Trinajstić information content (AvgIpc) is 2.42. The van der Waals surface area contributed by atoms with E-state index < -0.39 is 21.7 Å². The minimum Gasteiger partial charge on any atom is -0.317 e. The number of hydrogen-bond donors (Lipinski definition) is 1. The van der Waals surface area contributed by atoms with Gasteiger partial charge in [0.25, 0.3) is 0 Å². The fourth-order valence-corrected chi connectivity index (χ4v) is 3.60. The number of hydrogen-bond acceptors (Lipinski definition) is 3. The van der Waals surface area contributed by atoms with E-state index >= 15 is 0 Å². The van der Waals surface area contributed by atoms with Crippen LogP contribution in [0.15, 0.2) is 23.1 Å². The van der Waals surface area contributed by atoms with Gasteiger partial charge in [0.1, 0.15) is 0 Å². The third kappa shape index (κ3) is 3.34. The maximum atomic E-state index is 13.2. The highest BCUT2D eigenvalue weighted by Crippen LogP contribution is 2.20. The first-order valence-electron chi connectivity index (χ1n) is 6.53. The Morgan fingerprint density at radius 1 is 1.25 bits per heavy atom. The summed E-state index contributed by atoms with van der Waals surface area (Å²) in [5.41, 5.74) is 0. The van der Waals surface area contributed by atoms with Crippen molar-refractivity contribution in [3.05, 3.63) is 29.8 Å². The van der Waals surface area contributed by atoms with Crippen molar-refractivity contribution in [1.82, 2.24) is 9.62 Å². The van der Waals surface area contributed by atoms with Gasteiger partial charge in [0.15, 0.2) is 11.6 Å². The Balaban J connectivity index is 2.13. The number of piperidine rings is 1. The van der Waals surface area contributed by atoms with E-state index in [0.29, 0.717) is 12.5 Å². The summed E-state index contributed by atoms with van der Waals surface area (Å²) < 4.78 is 51.8. The fourth-order valence-electron chi connectivity index (χ4n) is 2.34. The summed E-state index contributed by atoms with van der Waals surface area (Å²) in [7, 11) is -2.30. The van der Waals surface area contributed by atoms with Crippen molar-refractivity contribution in [2.75, 3.05) is 26.7 Å². The molecule has 4 nitrogen and oxygen atoms in total. The molecule has 1 aromatic carbocycles. The second kappa shape index (κ2) is 6.15. The lowest BCUT2D eigenvalue weighted by molar-refractivity contribution is 0.311. The molecule has 20 heavy (non-hydrogen) atoms. The van der Waals surface area contributed by atoms with Gasteiger partial charge in [0.2, 0.25) is 10.0 Å². The van der Waals surface area contributed by atoms with Gasteiger partial charge in [-0.3, -0.25) is 0 Å². The molecule has 0 bridgehead atoms. The quantitative estimate of drug-likeness (QED) is 0.919. The molecule has 0 radical (unpaired) electrons. The Labute approximate surface area is 117 Å². The summed E-state index contributed by atoms with van der Waals surface area (Å²) in [6, 6.07) is 2.65. The second-order valence-electron chi connectivity index (χ2n) is 5.05. The maximum Gasteiger partial charge on any atom is 0.242 e. The fraction of sp³-hybridized carbons (Fsp3) is 0.538. The van der Waals surface area contributed by atoms with Crippen LogP contribution in [0.25, 0.3) is 0 Å². The van der Waals surface area contributed by atoms with E-state index in [1.54, 1.807) is 0 Å². The number of sulfonamides is 1. The molecule has 1 N–H and O–H groups in total. The van der Waals surface area contributed by atoms with Gasteiger partial charge in [-0.1, -0.05) is 0 Å². The van der Waals surface area contributed by atoms with Crippen LogP contribution < -0.4 is 5.32 Å². The van der Waals surface area contributed by atoms with Crippen LogP contribution in [-0.2, 0) is 10.0 Å². The highest BCUT2D eigenvalue weighted by Gasteiger charge is 2.25. The first-order chi connectivity index (χ1) is 9.41. The molecule has 1 saturated heterocycles. The van der Waals surface area contributed by atoms with Gasteiger partial charge in [-0.2, -0.15) is 0 Å². The summed E-state index contributed by atoms with van der Waals surface area (Å²) in [6.07, 6.45) is 1.83.